The van der Waals surface area contributed by atoms with E-state index in [9.17, 15) is 14.4 Å². The molecule has 218 valence electrons. The lowest BCUT2D eigenvalue weighted by atomic mass is 9.94. The number of carbonyl (C=O) groups excluding carboxylic acids is 3. The van der Waals surface area contributed by atoms with Crippen molar-refractivity contribution in [1.29, 1.82) is 0 Å². The third kappa shape index (κ3) is 6.27. The number of amides is 2. The van der Waals surface area contributed by atoms with Crippen LogP contribution in [0.15, 0.2) is 77.9 Å². The van der Waals surface area contributed by atoms with Gasteiger partial charge in [0.2, 0.25) is 0 Å². The second-order valence-corrected chi connectivity index (χ2v) is 10.8. The first-order valence-corrected chi connectivity index (χ1v) is 13.7. The van der Waals surface area contributed by atoms with E-state index in [0.29, 0.717) is 5.56 Å². The van der Waals surface area contributed by atoms with Crippen molar-refractivity contribution in [2.75, 3.05) is 38.5 Å². The summed E-state index contributed by atoms with van der Waals surface area (Å²) in [5.41, 5.74) is 1.91. The molecule has 3 heterocycles. The molecule has 0 radical (unpaired) electrons. The summed E-state index contributed by atoms with van der Waals surface area (Å²) in [6.45, 7) is 12.0. The lowest BCUT2D eigenvalue weighted by molar-refractivity contribution is 0.0885. The number of nitrogens with one attached hydrogen (secondary N) is 2. The van der Waals surface area contributed by atoms with Gasteiger partial charge in [-0.05, 0) is 44.2 Å². The average Bonchev–Trinajstić information content (AvgIpc) is 3.56. The van der Waals surface area contributed by atoms with Crippen LogP contribution < -0.4 is 10.6 Å². The van der Waals surface area contributed by atoms with Crippen molar-refractivity contribution in [3.05, 3.63) is 96.0 Å². The Labute approximate surface area is 243 Å². The van der Waals surface area contributed by atoms with Crippen LogP contribution in [0.4, 0.5) is 10.6 Å². The predicted molar refractivity (Wildman–Crippen MR) is 158 cm³/mol. The Morgan fingerprint density at radius 1 is 1.02 bits per heavy atom. The molecule has 0 unspecified atom stereocenters. The maximum Gasteiger partial charge on any atom is 0.440 e. The largest absolute Gasteiger partial charge is 0.445 e. The highest BCUT2D eigenvalue weighted by molar-refractivity contribution is 6.08. The van der Waals surface area contributed by atoms with Gasteiger partial charge in [0.25, 0.3) is 11.8 Å². The molecule has 11 heteroatoms. The molecule has 0 saturated carbocycles. The zero-order chi connectivity index (χ0) is 29.9. The second kappa shape index (κ2) is 12.0. The molecule has 2 aromatic heterocycles. The molecule has 5 rings (SSSR count). The minimum Gasteiger partial charge on any atom is -0.445 e. The van der Waals surface area contributed by atoms with E-state index in [1.807, 2.05) is 56.3 Å². The lowest BCUT2D eigenvalue weighted by Crippen LogP contribution is -2.43. The molecule has 0 bridgehead atoms. The van der Waals surface area contributed by atoms with Gasteiger partial charge < -0.3 is 24.7 Å². The van der Waals surface area contributed by atoms with Crippen LogP contribution in [0.2, 0.25) is 0 Å². The van der Waals surface area contributed by atoms with Crippen molar-refractivity contribution in [2.24, 2.45) is 0 Å². The number of furan rings is 1. The number of benzene rings is 2. The van der Waals surface area contributed by atoms with E-state index in [0.717, 1.165) is 54.8 Å². The standard InChI is InChI=1S/C31H34N6O5/c1-5-41-30(40)37-24-19-25(29(39)33-31(2,3)23-9-7-6-8-10-23)42-26(24)27(34-37)32-28(38)22-13-11-21(12-14-22)20-36-17-15-35(4)16-18-36/h5-14,19H,1,15-18,20H2,2-4H3,(H,33,39)(H,32,34,38). The molecular weight excluding hydrogens is 536 g/mol. The third-order valence-corrected chi connectivity index (χ3v) is 7.31. The Bertz CT molecular complexity index is 1600. The van der Waals surface area contributed by atoms with Crippen molar-refractivity contribution >= 4 is 34.8 Å². The fourth-order valence-electron chi connectivity index (χ4n) is 4.84. The van der Waals surface area contributed by atoms with E-state index in [2.05, 4.69) is 39.2 Å². The number of nitrogens with zero attached hydrogens (tertiary/aromatic N) is 4. The summed E-state index contributed by atoms with van der Waals surface area (Å²) in [6.07, 6.45) is 0.0922. The molecule has 42 heavy (non-hydrogen) atoms. The van der Waals surface area contributed by atoms with Crippen LogP contribution >= 0.6 is 0 Å². The topological polar surface area (TPSA) is 122 Å². The van der Waals surface area contributed by atoms with Crippen molar-refractivity contribution in [2.45, 2.75) is 25.9 Å². The highest BCUT2D eigenvalue weighted by atomic mass is 16.5. The molecule has 2 aromatic carbocycles. The number of hydrogen-bond acceptors (Lipinski definition) is 8. The van der Waals surface area contributed by atoms with Gasteiger partial charge in [0.1, 0.15) is 5.52 Å². The molecule has 1 fully saturated rings. The maximum absolute atomic E-state index is 13.2. The highest BCUT2D eigenvalue weighted by Crippen LogP contribution is 2.29. The first-order chi connectivity index (χ1) is 20.1. The second-order valence-electron chi connectivity index (χ2n) is 10.8. The van der Waals surface area contributed by atoms with Crippen LogP contribution in [0.25, 0.3) is 11.1 Å². The molecule has 11 nitrogen and oxygen atoms in total. The monoisotopic (exact) mass is 570 g/mol. The molecule has 2 amide bonds. The minimum absolute atomic E-state index is 0.0288. The van der Waals surface area contributed by atoms with Crippen molar-refractivity contribution in [3.8, 4) is 0 Å². The van der Waals surface area contributed by atoms with Gasteiger partial charge in [0.05, 0.1) is 11.8 Å². The Balaban J connectivity index is 1.35. The zero-order valence-electron chi connectivity index (χ0n) is 23.9. The lowest BCUT2D eigenvalue weighted by Gasteiger charge is -2.32. The van der Waals surface area contributed by atoms with E-state index in [-0.39, 0.29) is 22.7 Å². The quantitative estimate of drug-likeness (QED) is 0.299. The van der Waals surface area contributed by atoms with E-state index in [4.69, 9.17) is 9.15 Å². The summed E-state index contributed by atoms with van der Waals surface area (Å²) >= 11 is 0. The van der Waals surface area contributed by atoms with Crippen molar-refractivity contribution in [3.63, 3.8) is 0 Å². The summed E-state index contributed by atoms with van der Waals surface area (Å²) in [5.74, 6) is -1.04. The van der Waals surface area contributed by atoms with Crippen molar-refractivity contribution < 1.29 is 23.5 Å². The van der Waals surface area contributed by atoms with Crippen LogP contribution in [0.1, 0.15) is 45.9 Å². The number of aromatic nitrogens is 2. The van der Waals surface area contributed by atoms with Gasteiger partial charge in [-0.25, -0.2) is 4.79 Å². The van der Waals surface area contributed by atoms with Gasteiger partial charge in [0, 0.05) is 44.4 Å². The van der Waals surface area contributed by atoms with Crippen LogP contribution in [0.5, 0.6) is 0 Å². The van der Waals surface area contributed by atoms with Gasteiger partial charge in [-0.1, -0.05) is 49.0 Å². The molecule has 4 aromatic rings. The first kappa shape index (κ1) is 28.8. The molecule has 1 aliphatic heterocycles. The summed E-state index contributed by atoms with van der Waals surface area (Å²) in [6, 6.07) is 18.2. The Morgan fingerprint density at radius 2 is 1.71 bits per heavy atom. The SMILES string of the molecule is C=COC(=O)n1nc(NC(=O)c2ccc(CN3CCN(C)CC3)cc2)c2oc(C(=O)NC(C)(C)c3ccccc3)cc21. The number of likely N-dealkylation sites (N-methyl/N-ethyl adjacent to an activating group) is 1. The summed E-state index contributed by atoms with van der Waals surface area (Å²) in [7, 11) is 2.12. The summed E-state index contributed by atoms with van der Waals surface area (Å²) in [4.78, 5) is 43.6. The molecule has 1 saturated heterocycles. The Kier molecular flexibility index (Phi) is 8.23. The van der Waals surface area contributed by atoms with Gasteiger partial charge in [-0.3, -0.25) is 14.5 Å². The van der Waals surface area contributed by atoms with E-state index in [1.54, 1.807) is 12.1 Å². The minimum atomic E-state index is -0.874. The van der Waals surface area contributed by atoms with Crippen LogP contribution in [-0.4, -0.2) is 70.7 Å². The molecular formula is C31H34N6O5. The number of rotatable bonds is 8. The fourth-order valence-corrected chi connectivity index (χ4v) is 4.84. The normalized spacial score (nSPS) is 14.5. The number of piperazine rings is 1. The van der Waals surface area contributed by atoms with E-state index >= 15 is 0 Å². The number of fused-ring (bicyclic) bond motifs is 1. The van der Waals surface area contributed by atoms with E-state index in [1.165, 1.54) is 6.07 Å². The molecule has 0 spiro atoms. The molecule has 1 aliphatic rings. The molecule has 2 N–H and O–H groups in total. The third-order valence-electron chi connectivity index (χ3n) is 7.31. The van der Waals surface area contributed by atoms with Crippen molar-refractivity contribution in [1.82, 2.24) is 24.9 Å². The molecule has 0 aliphatic carbocycles. The van der Waals surface area contributed by atoms with Crippen LogP contribution in [-0.2, 0) is 16.8 Å². The highest BCUT2D eigenvalue weighted by Gasteiger charge is 2.28. The number of carbonyl (C=O) groups is 3. The first-order valence-electron chi connectivity index (χ1n) is 13.7. The van der Waals surface area contributed by atoms with Gasteiger partial charge in [-0.2, -0.15) is 4.68 Å². The predicted octanol–water partition coefficient (Wildman–Crippen LogP) is 4.42. The fraction of sp³-hybridized carbons (Fsp3) is 0.290. The maximum atomic E-state index is 13.2. The zero-order valence-corrected chi connectivity index (χ0v) is 23.9. The number of anilines is 1. The van der Waals surface area contributed by atoms with Crippen LogP contribution in [0.3, 0.4) is 0 Å². The Morgan fingerprint density at radius 3 is 2.38 bits per heavy atom. The van der Waals surface area contributed by atoms with Gasteiger partial charge >= 0.3 is 6.09 Å². The average molecular weight is 571 g/mol. The van der Waals surface area contributed by atoms with Gasteiger partial charge in [0.15, 0.2) is 17.2 Å². The van der Waals surface area contributed by atoms with Crippen LogP contribution in [0, 0.1) is 0 Å². The Hall–Kier alpha value is -4.74. The molecule has 0 atom stereocenters. The van der Waals surface area contributed by atoms with E-state index < -0.39 is 23.4 Å². The number of hydrogen-bond donors (Lipinski definition) is 2. The summed E-state index contributed by atoms with van der Waals surface area (Å²) < 4.78 is 11.7. The summed E-state index contributed by atoms with van der Waals surface area (Å²) in [5, 5.41) is 9.84. The van der Waals surface area contributed by atoms with Gasteiger partial charge in [-0.15, -0.1) is 5.10 Å². The number of ether oxygens (including phenoxy) is 1. The smallest absolute Gasteiger partial charge is 0.440 e.